The van der Waals surface area contributed by atoms with Gasteiger partial charge in [-0.2, -0.15) is 0 Å². The monoisotopic (exact) mass is 463 g/mol. The number of anilines is 1. The Morgan fingerprint density at radius 2 is 1.83 bits per heavy atom. The molecule has 0 saturated heterocycles. The zero-order valence-corrected chi connectivity index (χ0v) is 20.7. The van der Waals surface area contributed by atoms with Crippen LogP contribution in [0.2, 0.25) is 0 Å². The van der Waals surface area contributed by atoms with Crippen LogP contribution in [-0.4, -0.2) is 48.2 Å². The smallest absolute Gasteiger partial charge is 0.260 e. The fraction of sp³-hybridized carbons (Fsp3) is 0.391. The molecule has 0 fully saturated rings. The lowest BCUT2D eigenvalue weighted by molar-refractivity contribution is 0.0983. The molecule has 3 aromatic rings. The van der Waals surface area contributed by atoms with Crippen molar-refractivity contribution in [2.75, 3.05) is 37.3 Å². The van der Waals surface area contributed by atoms with E-state index in [9.17, 15) is 4.79 Å². The number of hydrogen-bond acceptors (Lipinski definition) is 5. The number of halogens is 1. The highest BCUT2D eigenvalue weighted by Gasteiger charge is 2.22. The minimum atomic E-state index is 0. The molecule has 0 unspecified atom stereocenters. The summed E-state index contributed by atoms with van der Waals surface area (Å²) in [5.74, 6) is 0.0153. The van der Waals surface area contributed by atoms with Gasteiger partial charge >= 0.3 is 0 Å². The summed E-state index contributed by atoms with van der Waals surface area (Å²) in [6.45, 7) is 11.9. The van der Waals surface area contributed by atoms with Crippen LogP contribution < -0.4 is 4.90 Å². The Morgan fingerprint density at radius 1 is 1.10 bits per heavy atom. The number of thioether (sulfide) groups is 1. The number of rotatable bonds is 8. The van der Waals surface area contributed by atoms with Gasteiger partial charge in [-0.15, -0.1) is 24.2 Å². The standard InChI is InChI=1S/C23H29N3OS2.ClH/c1-6-25(7-2)11-12-26(22(27)18-9-8-10-19(15-18)28-5)23-24-21-17(4)13-16(3)14-20(21)29-23;/h8-10,13-15H,6-7,11-12H2,1-5H3;1H. The van der Waals surface area contributed by atoms with Gasteiger partial charge in [0.05, 0.1) is 10.2 Å². The Labute approximate surface area is 194 Å². The van der Waals surface area contributed by atoms with E-state index in [1.807, 2.05) is 35.4 Å². The first-order valence-electron chi connectivity index (χ1n) is 10.0. The molecular weight excluding hydrogens is 434 g/mol. The van der Waals surface area contributed by atoms with Crippen LogP contribution in [0.15, 0.2) is 41.3 Å². The van der Waals surface area contributed by atoms with Gasteiger partial charge in [0.15, 0.2) is 5.13 Å². The van der Waals surface area contributed by atoms with Crippen molar-refractivity contribution >= 4 is 56.8 Å². The molecule has 0 aliphatic heterocycles. The molecule has 1 aromatic heterocycles. The molecule has 0 aliphatic rings. The number of nitrogens with zero attached hydrogens (tertiary/aromatic N) is 3. The molecule has 162 valence electrons. The van der Waals surface area contributed by atoms with Crippen molar-refractivity contribution in [2.45, 2.75) is 32.6 Å². The van der Waals surface area contributed by atoms with E-state index in [0.29, 0.717) is 12.1 Å². The van der Waals surface area contributed by atoms with Crippen LogP contribution in [0.5, 0.6) is 0 Å². The highest BCUT2D eigenvalue weighted by molar-refractivity contribution is 7.98. The van der Waals surface area contributed by atoms with Gasteiger partial charge in [0, 0.05) is 23.5 Å². The highest BCUT2D eigenvalue weighted by atomic mass is 35.5. The summed E-state index contributed by atoms with van der Waals surface area (Å²) in [6, 6.07) is 12.2. The van der Waals surface area contributed by atoms with Gasteiger partial charge < -0.3 is 4.90 Å². The van der Waals surface area contributed by atoms with Gasteiger partial charge in [-0.05, 0) is 68.6 Å². The van der Waals surface area contributed by atoms with Gasteiger partial charge in [-0.25, -0.2) is 4.98 Å². The summed E-state index contributed by atoms with van der Waals surface area (Å²) < 4.78 is 1.14. The van der Waals surface area contributed by atoms with Crippen molar-refractivity contribution in [1.82, 2.24) is 9.88 Å². The van der Waals surface area contributed by atoms with E-state index in [2.05, 4.69) is 44.7 Å². The number of fused-ring (bicyclic) bond motifs is 1. The fourth-order valence-corrected chi connectivity index (χ4v) is 5.08. The largest absolute Gasteiger partial charge is 0.302 e. The molecule has 2 aromatic carbocycles. The molecule has 0 saturated carbocycles. The molecular formula is C23H30ClN3OS2. The van der Waals surface area contributed by atoms with Gasteiger partial charge in [0.2, 0.25) is 0 Å². The van der Waals surface area contributed by atoms with Gasteiger partial charge in [-0.3, -0.25) is 9.69 Å². The number of thiazole rings is 1. The number of amides is 1. The summed E-state index contributed by atoms with van der Waals surface area (Å²) >= 11 is 3.25. The number of aryl methyl sites for hydroxylation is 2. The molecule has 3 rings (SSSR count). The lowest BCUT2D eigenvalue weighted by Gasteiger charge is -2.25. The molecule has 4 nitrogen and oxygen atoms in total. The van der Waals surface area contributed by atoms with Crippen molar-refractivity contribution in [2.24, 2.45) is 0 Å². The van der Waals surface area contributed by atoms with Crippen LogP contribution in [0.4, 0.5) is 5.13 Å². The van der Waals surface area contributed by atoms with Gasteiger partial charge in [-0.1, -0.05) is 37.3 Å². The topological polar surface area (TPSA) is 36.4 Å². The third kappa shape index (κ3) is 5.55. The van der Waals surface area contributed by atoms with E-state index >= 15 is 0 Å². The van der Waals surface area contributed by atoms with Gasteiger partial charge in [0.1, 0.15) is 0 Å². The minimum absolute atomic E-state index is 0. The van der Waals surface area contributed by atoms with E-state index in [1.54, 1.807) is 23.1 Å². The molecule has 0 atom stereocenters. The number of carbonyl (C=O) groups excluding carboxylic acids is 1. The number of hydrogen-bond donors (Lipinski definition) is 0. The first kappa shape index (κ1) is 24.7. The SMILES string of the molecule is CCN(CC)CCN(C(=O)c1cccc(SC)c1)c1nc2c(C)cc(C)cc2s1.Cl. The zero-order chi connectivity index (χ0) is 21.0. The number of aromatic nitrogens is 1. The van der Waals surface area contributed by atoms with Crippen molar-refractivity contribution in [3.05, 3.63) is 53.1 Å². The molecule has 1 heterocycles. The van der Waals surface area contributed by atoms with Crippen LogP contribution in [0, 0.1) is 13.8 Å². The molecule has 30 heavy (non-hydrogen) atoms. The normalized spacial score (nSPS) is 11.0. The second kappa shape index (κ2) is 11.1. The molecule has 0 spiro atoms. The molecule has 1 amide bonds. The number of likely N-dealkylation sites (N-methyl/N-ethyl adjacent to an activating group) is 1. The quantitative estimate of drug-likeness (QED) is 0.381. The molecule has 0 radical (unpaired) electrons. The fourth-order valence-electron chi connectivity index (χ4n) is 3.45. The van der Waals surface area contributed by atoms with Crippen molar-refractivity contribution in [3.63, 3.8) is 0 Å². The Hall–Kier alpha value is -1.60. The lowest BCUT2D eigenvalue weighted by Crippen LogP contribution is -2.38. The molecule has 0 aliphatic carbocycles. The van der Waals surface area contributed by atoms with Crippen LogP contribution in [0.3, 0.4) is 0 Å². The number of carbonyl (C=O) groups is 1. The maximum absolute atomic E-state index is 13.5. The second-order valence-corrected chi connectivity index (χ2v) is 9.03. The van der Waals surface area contributed by atoms with Crippen molar-refractivity contribution < 1.29 is 4.79 Å². The average molecular weight is 464 g/mol. The maximum Gasteiger partial charge on any atom is 0.260 e. The lowest BCUT2D eigenvalue weighted by atomic mass is 10.1. The van der Waals surface area contributed by atoms with Crippen molar-refractivity contribution in [1.29, 1.82) is 0 Å². The summed E-state index contributed by atoms with van der Waals surface area (Å²) in [5, 5.41) is 0.778. The Morgan fingerprint density at radius 3 is 2.50 bits per heavy atom. The van der Waals surface area contributed by atoms with Crippen LogP contribution in [0.1, 0.15) is 35.3 Å². The Kier molecular flexibility index (Phi) is 9.16. The highest BCUT2D eigenvalue weighted by Crippen LogP contribution is 2.32. The van der Waals surface area contributed by atoms with E-state index in [-0.39, 0.29) is 18.3 Å². The van der Waals surface area contributed by atoms with E-state index in [1.165, 1.54) is 5.56 Å². The van der Waals surface area contributed by atoms with Crippen LogP contribution in [0.25, 0.3) is 10.2 Å². The summed E-state index contributed by atoms with van der Waals surface area (Å²) in [6.07, 6.45) is 2.03. The predicted octanol–water partition coefficient (Wildman–Crippen LogP) is 6.05. The van der Waals surface area contributed by atoms with Crippen LogP contribution in [-0.2, 0) is 0 Å². The Balaban J connectivity index is 0.00000320. The zero-order valence-electron chi connectivity index (χ0n) is 18.3. The Bertz CT molecular complexity index is 1000. The maximum atomic E-state index is 13.5. The minimum Gasteiger partial charge on any atom is -0.302 e. The predicted molar refractivity (Wildman–Crippen MR) is 134 cm³/mol. The number of benzene rings is 2. The van der Waals surface area contributed by atoms with E-state index in [0.717, 1.165) is 45.4 Å². The summed E-state index contributed by atoms with van der Waals surface area (Å²) in [7, 11) is 0. The summed E-state index contributed by atoms with van der Waals surface area (Å²) in [5.41, 5.74) is 4.08. The molecule has 7 heteroatoms. The molecule has 0 bridgehead atoms. The molecule has 0 N–H and O–H groups in total. The summed E-state index contributed by atoms with van der Waals surface area (Å²) in [4.78, 5) is 23.7. The first-order chi connectivity index (χ1) is 14.0. The van der Waals surface area contributed by atoms with E-state index in [4.69, 9.17) is 4.98 Å². The van der Waals surface area contributed by atoms with Gasteiger partial charge in [0.25, 0.3) is 5.91 Å². The third-order valence-corrected chi connectivity index (χ3v) is 6.90. The van der Waals surface area contributed by atoms with Crippen molar-refractivity contribution in [3.8, 4) is 0 Å². The average Bonchev–Trinajstić information content (AvgIpc) is 3.15. The first-order valence-corrected chi connectivity index (χ1v) is 12.1. The second-order valence-electron chi connectivity index (χ2n) is 7.14. The van der Waals surface area contributed by atoms with Crippen LogP contribution >= 0.6 is 35.5 Å². The van der Waals surface area contributed by atoms with E-state index < -0.39 is 0 Å². The third-order valence-electron chi connectivity index (χ3n) is 5.15.